The van der Waals surface area contributed by atoms with Gasteiger partial charge in [-0.05, 0) is 80.5 Å². The van der Waals surface area contributed by atoms with E-state index in [1.807, 2.05) is 24.7 Å². The third-order valence-electron chi connectivity index (χ3n) is 8.49. The Balaban J connectivity index is 1.41. The maximum atomic E-state index is 4.83. The van der Waals surface area contributed by atoms with Crippen molar-refractivity contribution < 1.29 is 0 Å². The van der Waals surface area contributed by atoms with Crippen LogP contribution in [0.2, 0.25) is 0 Å². The van der Waals surface area contributed by atoms with Crippen molar-refractivity contribution in [3.63, 3.8) is 0 Å². The van der Waals surface area contributed by atoms with Gasteiger partial charge in [-0.2, -0.15) is 0 Å². The largest absolute Gasteiger partial charge is 0.309 e. The molecule has 190 valence electrons. The van der Waals surface area contributed by atoms with E-state index in [0.717, 1.165) is 22.1 Å². The zero-order valence-electron chi connectivity index (χ0n) is 22.1. The summed E-state index contributed by atoms with van der Waals surface area (Å²) >= 11 is 0. The van der Waals surface area contributed by atoms with Gasteiger partial charge in [0.15, 0.2) is 0 Å². The van der Waals surface area contributed by atoms with Gasteiger partial charge in [0, 0.05) is 45.8 Å². The molecule has 0 unspecified atom stereocenters. The van der Waals surface area contributed by atoms with E-state index in [2.05, 4.69) is 125 Å². The predicted octanol–water partition coefficient (Wildman–Crippen LogP) is 9.85. The van der Waals surface area contributed by atoms with Crippen LogP contribution in [-0.2, 0) is 0 Å². The average molecular weight is 522 g/mol. The van der Waals surface area contributed by atoms with E-state index in [9.17, 15) is 0 Å². The summed E-state index contributed by atoms with van der Waals surface area (Å²) in [5.41, 5.74) is 6.96. The molecule has 0 fully saturated rings. The van der Waals surface area contributed by atoms with Gasteiger partial charge in [0.05, 0.1) is 16.6 Å². The van der Waals surface area contributed by atoms with Crippen LogP contribution in [0.4, 0.5) is 0 Å². The SMILES string of the molecule is c1ccc(-n2c3ccncc3c3cc(-c4cc5c6ccccc6c6ncccc6c5c5ccccc45)ccc32)cc1. The Labute approximate surface area is 235 Å². The lowest BCUT2D eigenvalue weighted by molar-refractivity contribution is 1.17. The van der Waals surface area contributed by atoms with Crippen LogP contribution in [0.15, 0.2) is 140 Å². The molecule has 0 bridgehead atoms. The van der Waals surface area contributed by atoms with Crippen LogP contribution >= 0.6 is 0 Å². The summed E-state index contributed by atoms with van der Waals surface area (Å²) in [6.07, 6.45) is 5.77. The van der Waals surface area contributed by atoms with Crippen LogP contribution in [0, 0.1) is 0 Å². The Hall–Kier alpha value is -5.54. The van der Waals surface area contributed by atoms with E-state index in [0.29, 0.717) is 0 Å². The molecular weight excluding hydrogens is 498 g/mol. The van der Waals surface area contributed by atoms with Gasteiger partial charge in [-0.25, -0.2) is 0 Å². The van der Waals surface area contributed by atoms with Crippen molar-refractivity contribution in [2.45, 2.75) is 0 Å². The van der Waals surface area contributed by atoms with Crippen molar-refractivity contribution in [1.29, 1.82) is 0 Å². The molecule has 0 aliphatic rings. The fraction of sp³-hybridized carbons (Fsp3) is 0. The van der Waals surface area contributed by atoms with Gasteiger partial charge >= 0.3 is 0 Å². The van der Waals surface area contributed by atoms with Crippen molar-refractivity contribution >= 4 is 65.0 Å². The Bertz CT molecular complexity index is 2470. The molecule has 0 radical (unpaired) electrons. The molecule has 0 N–H and O–H groups in total. The van der Waals surface area contributed by atoms with Crippen LogP contribution in [0.5, 0.6) is 0 Å². The summed E-state index contributed by atoms with van der Waals surface area (Å²) in [5, 5.41) is 11.0. The fourth-order valence-electron chi connectivity index (χ4n) is 6.75. The average Bonchev–Trinajstić information content (AvgIpc) is 3.38. The zero-order chi connectivity index (χ0) is 26.9. The molecule has 3 nitrogen and oxygen atoms in total. The summed E-state index contributed by atoms with van der Waals surface area (Å²) in [6, 6.07) is 43.6. The smallest absolute Gasteiger partial charge is 0.0786 e. The number of benzene rings is 6. The van der Waals surface area contributed by atoms with Crippen molar-refractivity contribution in [3.05, 3.63) is 140 Å². The minimum atomic E-state index is 1.05. The van der Waals surface area contributed by atoms with Crippen LogP contribution in [0.1, 0.15) is 0 Å². The molecule has 0 saturated heterocycles. The van der Waals surface area contributed by atoms with E-state index < -0.39 is 0 Å². The molecule has 41 heavy (non-hydrogen) atoms. The minimum Gasteiger partial charge on any atom is -0.309 e. The number of fused-ring (bicyclic) bond motifs is 11. The zero-order valence-corrected chi connectivity index (χ0v) is 22.1. The van der Waals surface area contributed by atoms with Crippen LogP contribution in [0.3, 0.4) is 0 Å². The van der Waals surface area contributed by atoms with Gasteiger partial charge in [-0.15, -0.1) is 0 Å². The van der Waals surface area contributed by atoms with E-state index in [-0.39, 0.29) is 0 Å². The lowest BCUT2D eigenvalue weighted by Crippen LogP contribution is -1.93. The summed E-state index contributed by atoms with van der Waals surface area (Å²) in [6.45, 7) is 0. The normalized spacial score (nSPS) is 11.9. The number of aromatic nitrogens is 3. The molecule has 3 heteroatoms. The predicted molar refractivity (Wildman–Crippen MR) is 172 cm³/mol. The summed E-state index contributed by atoms with van der Waals surface area (Å²) < 4.78 is 2.33. The molecule has 3 heterocycles. The summed E-state index contributed by atoms with van der Waals surface area (Å²) in [5.74, 6) is 0. The molecule has 9 aromatic rings. The molecule has 6 aromatic carbocycles. The number of nitrogens with zero attached hydrogens (tertiary/aromatic N) is 3. The van der Waals surface area contributed by atoms with Crippen LogP contribution in [-0.4, -0.2) is 14.5 Å². The molecule has 0 aliphatic heterocycles. The maximum absolute atomic E-state index is 4.83. The molecule has 0 atom stereocenters. The number of pyridine rings is 2. The number of hydrogen-bond donors (Lipinski definition) is 0. The highest BCUT2D eigenvalue weighted by atomic mass is 15.0. The molecule has 3 aromatic heterocycles. The quantitative estimate of drug-likeness (QED) is 0.212. The van der Waals surface area contributed by atoms with E-state index in [1.54, 1.807) is 0 Å². The van der Waals surface area contributed by atoms with Crippen molar-refractivity contribution in [2.75, 3.05) is 0 Å². The molecule has 0 spiro atoms. The number of rotatable bonds is 2. The third kappa shape index (κ3) is 3.14. The molecular formula is C38H23N3. The summed E-state index contributed by atoms with van der Waals surface area (Å²) in [4.78, 5) is 9.34. The standard InChI is InChI=1S/C38H23N3/c1-2-9-25(10-3-1)41-35-17-16-24(21-32(35)34-23-39-20-18-36(34)41)31-22-33-27-12-5-7-14-29(27)38-30(15-8-19-40-38)37(33)28-13-6-4-11-26(28)31/h1-23H. The van der Waals surface area contributed by atoms with E-state index in [4.69, 9.17) is 4.98 Å². The van der Waals surface area contributed by atoms with Gasteiger partial charge in [-0.1, -0.05) is 78.9 Å². The Morgan fingerprint density at radius 3 is 2.07 bits per heavy atom. The molecule has 0 aliphatic carbocycles. The van der Waals surface area contributed by atoms with Gasteiger partial charge in [0.1, 0.15) is 0 Å². The second-order valence-electron chi connectivity index (χ2n) is 10.6. The number of hydrogen-bond acceptors (Lipinski definition) is 2. The summed E-state index contributed by atoms with van der Waals surface area (Å²) in [7, 11) is 0. The van der Waals surface area contributed by atoms with Gasteiger partial charge in [0.2, 0.25) is 0 Å². The monoisotopic (exact) mass is 521 g/mol. The Morgan fingerprint density at radius 2 is 1.20 bits per heavy atom. The van der Waals surface area contributed by atoms with Gasteiger partial charge in [0.25, 0.3) is 0 Å². The van der Waals surface area contributed by atoms with Crippen molar-refractivity contribution in [2.24, 2.45) is 0 Å². The van der Waals surface area contributed by atoms with Crippen molar-refractivity contribution in [3.8, 4) is 16.8 Å². The van der Waals surface area contributed by atoms with Gasteiger partial charge < -0.3 is 4.57 Å². The highest BCUT2D eigenvalue weighted by Crippen LogP contribution is 2.43. The fourth-order valence-corrected chi connectivity index (χ4v) is 6.75. The molecule has 0 saturated carbocycles. The first-order valence-corrected chi connectivity index (χ1v) is 13.9. The van der Waals surface area contributed by atoms with Crippen molar-refractivity contribution in [1.82, 2.24) is 14.5 Å². The second kappa shape index (κ2) is 8.48. The highest BCUT2D eigenvalue weighted by Gasteiger charge is 2.17. The first-order valence-electron chi connectivity index (χ1n) is 13.9. The number of para-hydroxylation sites is 1. The molecule has 0 amide bonds. The van der Waals surface area contributed by atoms with Crippen LogP contribution in [0.25, 0.3) is 81.8 Å². The van der Waals surface area contributed by atoms with Gasteiger partial charge in [-0.3, -0.25) is 9.97 Å². The van der Waals surface area contributed by atoms with E-state index >= 15 is 0 Å². The first-order chi connectivity index (χ1) is 20.4. The Kier molecular flexibility index (Phi) is 4.61. The first kappa shape index (κ1) is 22.3. The topological polar surface area (TPSA) is 30.7 Å². The third-order valence-corrected chi connectivity index (χ3v) is 8.49. The maximum Gasteiger partial charge on any atom is 0.0786 e. The lowest BCUT2D eigenvalue weighted by Gasteiger charge is -2.16. The van der Waals surface area contributed by atoms with E-state index in [1.165, 1.54) is 59.7 Å². The van der Waals surface area contributed by atoms with Crippen LogP contribution < -0.4 is 0 Å². The Morgan fingerprint density at radius 1 is 0.463 bits per heavy atom. The highest BCUT2D eigenvalue weighted by molar-refractivity contribution is 6.32. The molecule has 9 rings (SSSR count). The lowest BCUT2D eigenvalue weighted by atomic mass is 9.88. The second-order valence-corrected chi connectivity index (χ2v) is 10.6. The minimum absolute atomic E-state index is 1.05.